The van der Waals surface area contributed by atoms with Crippen LogP contribution in [0.3, 0.4) is 0 Å². The molecular formula is C19H18F3NO4S. The molecule has 0 unspecified atom stereocenters. The summed E-state index contributed by atoms with van der Waals surface area (Å²) in [6.45, 7) is -2.03. The number of thioether (sulfide) groups is 1. The fourth-order valence-electron chi connectivity index (χ4n) is 2.13. The van der Waals surface area contributed by atoms with Crippen molar-refractivity contribution in [2.24, 2.45) is 0 Å². The minimum absolute atomic E-state index is 0.178. The molecule has 2 aromatic carbocycles. The van der Waals surface area contributed by atoms with Gasteiger partial charge in [0.05, 0.1) is 12.2 Å². The van der Waals surface area contributed by atoms with Gasteiger partial charge in [-0.25, -0.2) is 4.79 Å². The van der Waals surface area contributed by atoms with Crippen LogP contribution in [-0.2, 0) is 20.9 Å². The van der Waals surface area contributed by atoms with E-state index in [2.05, 4.69) is 10.1 Å². The highest BCUT2D eigenvalue weighted by Gasteiger charge is 2.27. The molecule has 2 aromatic rings. The molecule has 0 heterocycles. The summed E-state index contributed by atoms with van der Waals surface area (Å²) >= 11 is 1.53. The average Bonchev–Trinajstić information content (AvgIpc) is 2.66. The fourth-order valence-corrected chi connectivity index (χ4v) is 2.59. The lowest BCUT2D eigenvalue weighted by atomic mass is 10.1. The number of nitrogens with one attached hydrogen (secondary N) is 1. The van der Waals surface area contributed by atoms with Gasteiger partial charge in [-0.05, 0) is 42.2 Å². The molecule has 0 aliphatic rings. The number of carbonyl (C=O) groups excluding carboxylic acids is 2. The highest BCUT2D eigenvalue weighted by Crippen LogP contribution is 2.19. The third kappa shape index (κ3) is 7.61. The topological polar surface area (TPSA) is 64.6 Å². The first-order valence-electron chi connectivity index (χ1n) is 8.11. The van der Waals surface area contributed by atoms with Crippen LogP contribution in [0.25, 0.3) is 0 Å². The Kier molecular flexibility index (Phi) is 7.89. The van der Waals surface area contributed by atoms with Crippen LogP contribution in [-0.4, -0.2) is 37.5 Å². The molecule has 0 bridgehead atoms. The predicted octanol–water partition coefficient (Wildman–Crippen LogP) is 4.28. The number of rotatable bonds is 8. The first-order chi connectivity index (χ1) is 13.3. The second-order valence-corrected chi connectivity index (χ2v) is 6.54. The normalized spacial score (nSPS) is 11.1. The zero-order valence-corrected chi connectivity index (χ0v) is 15.7. The summed E-state index contributed by atoms with van der Waals surface area (Å²) in [6.07, 6.45) is -2.47. The molecule has 0 spiro atoms. The van der Waals surface area contributed by atoms with Gasteiger partial charge in [-0.3, -0.25) is 4.79 Å². The Morgan fingerprint density at radius 3 is 2.46 bits per heavy atom. The Balaban J connectivity index is 1.79. The summed E-state index contributed by atoms with van der Waals surface area (Å²) in [5.41, 5.74) is 1.25. The van der Waals surface area contributed by atoms with Gasteiger partial charge in [-0.2, -0.15) is 13.2 Å². The molecule has 150 valence electrons. The smallest absolute Gasteiger partial charge is 0.411 e. The number of carbonyl (C=O) groups is 2. The largest absolute Gasteiger partial charge is 0.452 e. The summed E-state index contributed by atoms with van der Waals surface area (Å²) in [6, 6.07) is 12.9. The van der Waals surface area contributed by atoms with Crippen LogP contribution in [0.15, 0.2) is 53.4 Å². The maximum Gasteiger partial charge on any atom is 0.411 e. The zero-order valence-electron chi connectivity index (χ0n) is 14.9. The molecule has 0 saturated carbocycles. The lowest BCUT2D eigenvalue weighted by molar-refractivity contribution is -0.176. The van der Waals surface area contributed by atoms with Gasteiger partial charge in [0.2, 0.25) is 0 Å². The molecule has 0 atom stereocenters. The van der Waals surface area contributed by atoms with Crippen molar-refractivity contribution in [3.63, 3.8) is 0 Å². The van der Waals surface area contributed by atoms with E-state index in [4.69, 9.17) is 4.74 Å². The third-order valence-corrected chi connectivity index (χ3v) is 4.14. The Hall–Kier alpha value is -2.52. The Morgan fingerprint density at radius 1 is 1.11 bits per heavy atom. The number of ether oxygens (including phenoxy) is 2. The van der Waals surface area contributed by atoms with E-state index in [1.165, 1.54) is 36.0 Å². The van der Waals surface area contributed by atoms with Crippen LogP contribution in [0.1, 0.15) is 15.9 Å². The Morgan fingerprint density at radius 2 is 1.82 bits per heavy atom. The highest BCUT2D eigenvalue weighted by molar-refractivity contribution is 7.98. The monoisotopic (exact) mass is 413 g/mol. The van der Waals surface area contributed by atoms with Crippen LogP contribution in [0.4, 0.5) is 18.9 Å². The molecule has 0 fully saturated rings. The maximum atomic E-state index is 12.0. The first-order valence-corrected chi connectivity index (χ1v) is 9.34. The average molecular weight is 413 g/mol. The molecule has 28 heavy (non-hydrogen) atoms. The van der Waals surface area contributed by atoms with Crippen molar-refractivity contribution in [2.75, 3.05) is 24.8 Å². The molecule has 1 amide bonds. The van der Waals surface area contributed by atoms with Crippen LogP contribution >= 0.6 is 11.8 Å². The number of esters is 1. The van der Waals surface area contributed by atoms with Crippen molar-refractivity contribution in [1.82, 2.24) is 0 Å². The zero-order chi connectivity index (χ0) is 20.6. The van der Waals surface area contributed by atoms with Crippen molar-refractivity contribution >= 4 is 29.3 Å². The molecule has 1 N–H and O–H groups in total. The van der Waals surface area contributed by atoms with Crippen molar-refractivity contribution < 1.29 is 32.2 Å². The van der Waals surface area contributed by atoms with E-state index in [1.54, 1.807) is 18.2 Å². The maximum absolute atomic E-state index is 12.0. The summed E-state index contributed by atoms with van der Waals surface area (Å²) in [4.78, 5) is 24.9. The minimum Gasteiger partial charge on any atom is -0.452 e. The highest BCUT2D eigenvalue weighted by atomic mass is 32.2. The van der Waals surface area contributed by atoms with Crippen LogP contribution in [0.2, 0.25) is 0 Å². The van der Waals surface area contributed by atoms with Gasteiger partial charge in [0.15, 0.2) is 6.61 Å². The van der Waals surface area contributed by atoms with E-state index in [9.17, 15) is 22.8 Å². The van der Waals surface area contributed by atoms with Crippen molar-refractivity contribution in [1.29, 1.82) is 0 Å². The fraction of sp³-hybridized carbons (Fsp3) is 0.263. The second-order valence-electron chi connectivity index (χ2n) is 5.66. The number of halogens is 3. The quantitative estimate of drug-likeness (QED) is 0.517. The van der Waals surface area contributed by atoms with Crippen LogP contribution in [0, 0.1) is 0 Å². The lowest BCUT2D eigenvalue weighted by Gasteiger charge is -2.09. The summed E-state index contributed by atoms with van der Waals surface area (Å²) in [5.74, 6) is -1.19. The minimum atomic E-state index is -4.39. The molecule has 9 heteroatoms. The summed E-state index contributed by atoms with van der Waals surface area (Å²) in [5, 5.41) is 2.63. The van der Waals surface area contributed by atoms with E-state index in [0.717, 1.165) is 4.90 Å². The number of amides is 1. The Labute approximate surface area is 164 Å². The molecule has 0 aromatic heterocycles. The van der Waals surface area contributed by atoms with Gasteiger partial charge in [-0.15, -0.1) is 11.8 Å². The van der Waals surface area contributed by atoms with Crippen LogP contribution in [0.5, 0.6) is 0 Å². The Bertz CT molecular complexity index is 810. The van der Waals surface area contributed by atoms with E-state index in [1.807, 2.05) is 12.3 Å². The van der Waals surface area contributed by atoms with Gasteiger partial charge in [0.25, 0.3) is 5.91 Å². The van der Waals surface area contributed by atoms with Gasteiger partial charge < -0.3 is 14.8 Å². The van der Waals surface area contributed by atoms with Gasteiger partial charge >= 0.3 is 12.1 Å². The molecule has 2 rings (SSSR count). The first kappa shape index (κ1) is 21.8. The molecule has 0 radical (unpaired) electrons. The SMILES string of the molecule is CSc1cccc(NC(=O)COC(=O)c2ccc(COCC(F)(F)F)cc2)c1. The number of benzene rings is 2. The third-order valence-electron chi connectivity index (χ3n) is 3.41. The van der Waals surface area contributed by atoms with E-state index in [-0.39, 0.29) is 12.2 Å². The lowest BCUT2D eigenvalue weighted by Crippen LogP contribution is -2.21. The number of alkyl halides is 3. The van der Waals surface area contributed by atoms with Crippen molar-refractivity contribution in [3.05, 3.63) is 59.7 Å². The summed E-state index contributed by atoms with van der Waals surface area (Å²) < 4.78 is 45.6. The molecule has 5 nitrogen and oxygen atoms in total. The molecular weight excluding hydrogens is 395 g/mol. The number of hydrogen-bond donors (Lipinski definition) is 1. The van der Waals surface area contributed by atoms with E-state index < -0.39 is 31.3 Å². The van der Waals surface area contributed by atoms with Crippen molar-refractivity contribution in [3.8, 4) is 0 Å². The molecule has 0 aliphatic heterocycles. The van der Waals surface area contributed by atoms with Gasteiger partial charge in [-0.1, -0.05) is 18.2 Å². The van der Waals surface area contributed by atoms with E-state index in [0.29, 0.717) is 11.3 Å². The summed E-state index contributed by atoms with van der Waals surface area (Å²) in [7, 11) is 0. The number of hydrogen-bond acceptors (Lipinski definition) is 5. The van der Waals surface area contributed by atoms with Gasteiger partial charge in [0.1, 0.15) is 6.61 Å². The second kappa shape index (κ2) is 10.1. The van der Waals surface area contributed by atoms with Crippen molar-refractivity contribution in [2.45, 2.75) is 17.7 Å². The van der Waals surface area contributed by atoms with Gasteiger partial charge in [0, 0.05) is 10.6 Å². The molecule has 0 saturated heterocycles. The predicted molar refractivity (Wildman–Crippen MR) is 99.3 cm³/mol. The number of anilines is 1. The van der Waals surface area contributed by atoms with E-state index >= 15 is 0 Å². The molecule has 0 aliphatic carbocycles. The van der Waals surface area contributed by atoms with Crippen LogP contribution < -0.4 is 5.32 Å². The standard InChI is InChI=1S/C19H18F3NO4S/c1-28-16-4-2-3-15(9-16)23-17(24)11-27-18(25)14-7-5-13(6-8-14)10-26-12-19(20,21)22/h2-9H,10-12H2,1H3,(H,23,24).